The molecule has 1 unspecified atom stereocenters. The molecule has 0 aliphatic carbocycles. The van der Waals surface area contributed by atoms with E-state index in [0.717, 1.165) is 31.4 Å². The lowest BCUT2D eigenvalue weighted by Crippen LogP contribution is -2.34. The lowest BCUT2D eigenvalue weighted by Gasteiger charge is -2.24. The topological polar surface area (TPSA) is 30.5 Å². The lowest BCUT2D eigenvalue weighted by atomic mass is 9.99. The van der Waals surface area contributed by atoms with Gasteiger partial charge in [-0.05, 0) is 37.8 Å². The van der Waals surface area contributed by atoms with E-state index in [2.05, 4.69) is 17.0 Å². The summed E-state index contributed by atoms with van der Waals surface area (Å²) < 4.78 is 45.8. The van der Waals surface area contributed by atoms with Crippen LogP contribution in [0.3, 0.4) is 0 Å². The maximum absolute atomic E-state index is 12.0. The van der Waals surface area contributed by atoms with Crippen LogP contribution >= 0.6 is 0 Å². The maximum atomic E-state index is 12.0. The van der Waals surface area contributed by atoms with Gasteiger partial charge in [0.25, 0.3) is 0 Å². The summed E-state index contributed by atoms with van der Waals surface area (Å²) in [6.07, 6.45) is 0.889. The van der Waals surface area contributed by atoms with E-state index >= 15 is 0 Å². The highest BCUT2D eigenvalue weighted by Crippen LogP contribution is 2.19. The minimum absolute atomic E-state index is 0.0495. The first-order valence-corrected chi connectivity index (χ1v) is 6.71. The summed E-state index contributed by atoms with van der Waals surface area (Å²) in [4.78, 5) is 0. The van der Waals surface area contributed by atoms with Crippen molar-refractivity contribution < 1.29 is 22.6 Å². The molecular formula is C13H22F3NO2. The van der Waals surface area contributed by atoms with Gasteiger partial charge in [0, 0.05) is 12.6 Å². The minimum atomic E-state index is -4.25. The van der Waals surface area contributed by atoms with Gasteiger partial charge in [0.05, 0.1) is 12.9 Å². The van der Waals surface area contributed by atoms with Gasteiger partial charge in [-0.3, -0.25) is 0 Å². The van der Waals surface area contributed by atoms with Gasteiger partial charge in [0.2, 0.25) is 0 Å². The van der Waals surface area contributed by atoms with Gasteiger partial charge in [-0.2, -0.15) is 13.2 Å². The van der Waals surface area contributed by atoms with Crippen LogP contribution in [0.4, 0.5) is 13.2 Å². The van der Waals surface area contributed by atoms with E-state index in [4.69, 9.17) is 4.74 Å². The van der Waals surface area contributed by atoms with Gasteiger partial charge in [0.1, 0.15) is 6.61 Å². The highest BCUT2D eigenvalue weighted by molar-refractivity contribution is 5.09. The van der Waals surface area contributed by atoms with Crippen molar-refractivity contribution in [3.63, 3.8) is 0 Å². The number of nitrogens with one attached hydrogen (secondary N) is 1. The molecule has 1 aliphatic rings. The second-order valence-electron chi connectivity index (χ2n) is 4.63. The number of hydrogen-bond donors (Lipinski definition) is 1. The van der Waals surface area contributed by atoms with E-state index in [-0.39, 0.29) is 12.6 Å². The molecule has 0 spiro atoms. The van der Waals surface area contributed by atoms with Crippen molar-refractivity contribution >= 4 is 0 Å². The fourth-order valence-electron chi connectivity index (χ4n) is 1.97. The van der Waals surface area contributed by atoms with Crippen molar-refractivity contribution in [3.05, 3.63) is 11.8 Å². The van der Waals surface area contributed by atoms with Crippen LogP contribution in [0.15, 0.2) is 11.8 Å². The predicted molar refractivity (Wildman–Crippen MR) is 66.8 cm³/mol. The Hall–Kier alpha value is -0.750. The van der Waals surface area contributed by atoms with E-state index < -0.39 is 12.8 Å². The summed E-state index contributed by atoms with van der Waals surface area (Å²) in [6.45, 7) is 2.52. The molecule has 0 bridgehead atoms. The zero-order chi connectivity index (χ0) is 14.1. The molecule has 0 radical (unpaired) electrons. The molecular weight excluding hydrogens is 259 g/mol. The van der Waals surface area contributed by atoms with Crippen LogP contribution in [-0.2, 0) is 9.47 Å². The first-order valence-electron chi connectivity index (χ1n) is 6.71. The van der Waals surface area contributed by atoms with E-state index in [1.165, 1.54) is 0 Å². The van der Waals surface area contributed by atoms with Crippen molar-refractivity contribution in [2.75, 3.05) is 26.4 Å². The smallest absolute Gasteiger partial charge is 0.411 e. The molecule has 3 nitrogen and oxygen atoms in total. The average Bonchev–Trinajstić information content (AvgIpc) is 2.38. The zero-order valence-electron chi connectivity index (χ0n) is 11.3. The SMILES string of the molecule is CCCNC(CCOCC(F)(F)F)C1=COCCC1. The molecule has 0 aromatic rings. The van der Waals surface area contributed by atoms with Crippen molar-refractivity contribution in [1.82, 2.24) is 5.32 Å². The summed E-state index contributed by atoms with van der Waals surface area (Å²) in [5, 5.41) is 3.33. The van der Waals surface area contributed by atoms with E-state index in [9.17, 15) is 13.2 Å². The Morgan fingerprint density at radius 1 is 1.47 bits per heavy atom. The van der Waals surface area contributed by atoms with Crippen LogP contribution in [0, 0.1) is 0 Å². The van der Waals surface area contributed by atoms with Gasteiger partial charge < -0.3 is 14.8 Å². The summed E-state index contributed by atoms with van der Waals surface area (Å²) in [6, 6.07) is 0.0495. The number of hydrogen-bond acceptors (Lipinski definition) is 3. The van der Waals surface area contributed by atoms with Crippen LogP contribution < -0.4 is 5.32 Å². The van der Waals surface area contributed by atoms with Crippen molar-refractivity contribution in [3.8, 4) is 0 Å². The van der Waals surface area contributed by atoms with Gasteiger partial charge in [-0.15, -0.1) is 0 Å². The second kappa shape index (κ2) is 8.43. The average molecular weight is 281 g/mol. The Bertz CT molecular complexity index is 280. The Balaban J connectivity index is 2.34. The molecule has 112 valence electrons. The quantitative estimate of drug-likeness (QED) is 0.694. The second-order valence-corrected chi connectivity index (χ2v) is 4.63. The predicted octanol–water partition coefficient (Wildman–Crippen LogP) is 3.02. The molecule has 1 rings (SSSR count). The molecule has 0 aromatic carbocycles. The molecule has 0 aromatic heterocycles. The van der Waals surface area contributed by atoms with E-state index in [1.54, 1.807) is 6.26 Å². The standard InChI is InChI=1S/C13H22F3NO2/c1-2-6-17-12(11-4-3-7-18-9-11)5-8-19-10-13(14,15)16/h9,12,17H,2-8,10H2,1H3. The van der Waals surface area contributed by atoms with Crippen LogP contribution in [0.25, 0.3) is 0 Å². The molecule has 0 fully saturated rings. The maximum Gasteiger partial charge on any atom is 0.411 e. The number of rotatable bonds is 8. The van der Waals surface area contributed by atoms with Crippen molar-refractivity contribution in [2.24, 2.45) is 0 Å². The summed E-state index contributed by atoms with van der Waals surface area (Å²) in [7, 11) is 0. The first kappa shape index (κ1) is 16.3. The third-order valence-corrected chi connectivity index (χ3v) is 2.87. The molecule has 1 heterocycles. The highest BCUT2D eigenvalue weighted by Gasteiger charge is 2.27. The Kier molecular flexibility index (Phi) is 7.23. The third-order valence-electron chi connectivity index (χ3n) is 2.87. The largest absolute Gasteiger partial charge is 0.501 e. The molecule has 1 atom stereocenters. The minimum Gasteiger partial charge on any atom is -0.501 e. The number of ether oxygens (including phenoxy) is 2. The molecule has 1 aliphatic heterocycles. The normalized spacial score (nSPS) is 17.8. The van der Waals surface area contributed by atoms with E-state index in [1.807, 2.05) is 0 Å². The Morgan fingerprint density at radius 3 is 2.84 bits per heavy atom. The zero-order valence-corrected chi connectivity index (χ0v) is 11.3. The van der Waals surface area contributed by atoms with Gasteiger partial charge in [-0.1, -0.05) is 6.92 Å². The molecule has 6 heteroatoms. The molecule has 1 N–H and O–H groups in total. The van der Waals surface area contributed by atoms with Crippen molar-refractivity contribution in [2.45, 2.75) is 44.8 Å². The highest BCUT2D eigenvalue weighted by atomic mass is 19.4. The fraction of sp³-hybridized carbons (Fsp3) is 0.846. The number of alkyl halides is 3. The lowest BCUT2D eigenvalue weighted by molar-refractivity contribution is -0.174. The van der Waals surface area contributed by atoms with Crippen LogP contribution in [0.5, 0.6) is 0 Å². The molecule has 0 amide bonds. The fourth-order valence-corrected chi connectivity index (χ4v) is 1.97. The van der Waals surface area contributed by atoms with Crippen LogP contribution in [0.2, 0.25) is 0 Å². The summed E-state index contributed by atoms with van der Waals surface area (Å²) >= 11 is 0. The van der Waals surface area contributed by atoms with Crippen molar-refractivity contribution in [1.29, 1.82) is 0 Å². The Labute approximate surface area is 112 Å². The van der Waals surface area contributed by atoms with Crippen LogP contribution in [0.1, 0.15) is 32.6 Å². The third kappa shape index (κ3) is 7.42. The molecule has 0 saturated carbocycles. The Morgan fingerprint density at radius 2 is 2.26 bits per heavy atom. The van der Waals surface area contributed by atoms with Gasteiger partial charge in [0.15, 0.2) is 0 Å². The number of halogens is 3. The molecule has 19 heavy (non-hydrogen) atoms. The summed E-state index contributed by atoms with van der Waals surface area (Å²) in [5.74, 6) is 0. The van der Waals surface area contributed by atoms with Gasteiger partial charge >= 0.3 is 6.18 Å². The summed E-state index contributed by atoms with van der Waals surface area (Å²) in [5.41, 5.74) is 1.12. The van der Waals surface area contributed by atoms with Gasteiger partial charge in [-0.25, -0.2) is 0 Å². The monoisotopic (exact) mass is 281 g/mol. The first-order chi connectivity index (χ1) is 9.03. The molecule has 0 saturated heterocycles. The van der Waals surface area contributed by atoms with E-state index in [0.29, 0.717) is 13.0 Å². The van der Waals surface area contributed by atoms with Crippen LogP contribution in [-0.4, -0.2) is 38.6 Å².